The van der Waals surface area contributed by atoms with E-state index in [1.165, 1.54) is 7.11 Å². The largest absolute Gasteiger partial charge is 0.496 e. The first-order valence-corrected chi connectivity index (χ1v) is 4.16. The van der Waals surface area contributed by atoms with Gasteiger partial charge in [-0.05, 0) is 0 Å². The van der Waals surface area contributed by atoms with Crippen LogP contribution in [0.1, 0.15) is 5.56 Å². The van der Waals surface area contributed by atoms with E-state index in [2.05, 4.69) is 5.10 Å². The summed E-state index contributed by atoms with van der Waals surface area (Å²) in [7, 11) is 1.26. The molecule has 0 saturated heterocycles. The molecule has 1 aromatic rings. The number of hydrogen-bond acceptors (Lipinski definition) is 3. The number of primary amides is 1. The van der Waals surface area contributed by atoms with Crippen LogP contribution in [0.3, 0.4) is 0 Å². The Labute approximate surface area is 89.9 Å². The number of methoxy groups -OCH3 is 1. The van der Waals surface area contributed by atoms with Crippen molar-refractivity contribution in [1.29, 1.82) is 0 Å². The van der Waals surface area contributed by atoms with Gasteiger partial charge in [0.1, 0.15) is 17.4 Å². The standard InChI is InChI=1S/C9H9F2N3O2/c1-16-8-3-5(10)2-7(11)6(8)4-13-14-9(12)15/h2-4H,1H3,(H3,12,14,15). The predicted octanol–water partition coefficient (Wildman–Crippen LogP) is 0.976. The van der Waals surface area contributed by atoms with Crippen molar-refractivity contribution in [1.82, 2.24) is 5.43 Å². The molecule has 0 heterocycles. The molecule has 0 radical (unpaired) electrons. The number of hydrazone groups is 1. The Morgan fingerprint density at radius 2 is 2.25 bits per heavy atom. The van der Waals surface area contributed by atoms with E-state index < -0.39 is 17.7 Å². The van der Waals surface area contributed by atoms with Gasteiger partial charge in [-0.3, -0.25) is 0 Å². The van der Waals surface area contributed by atoms with Gasteiger partial charge in [-0.25, -0.2) is 19.0 Å². The van der Waals surface area contributed by atoms with Crippen molar-refractivity contribution in [2.75, 3.05) is 7.11 Å². The molecule has 86 valence electrons. The molecular formula is C9H9F2N3O2. The van der Waals surface area contributed by atoms with Crippen molar-refractivity contribution < 1.29 is 18.3 Å². The van der Waals surface area contributed by atoms with E-state index in [4.69, 9.17) is 10.5 Å². The molecular weight excluding hydrogens is 220 g/mol. The lowest BCUT2D eigenvalue weighted by molar-refractivity contribution is 0.249. The molecule has 0 aliphatic carbocycles. The number of nitrogens with one attached hydrogen (secondary N) is 1. The van der Waals surface area contributed by atoms with Crippen LogP contribution in [0.2, 0.25) is 0 Å². The van der Waals surface area contributed by atoms with E-state index >= 15 is 0 Å². The highest BCUT2D eigenvalue weighted by molar-refractivity contribution is 5.85. The van der Waals surface area contributed by atoms with Gasteiger partial charge in [-0.1, -0.05) is 0 Å². The Bertz CT molecular complexity index is 435. The number of ether oxygens (including phenoxy) is 1. The zero-order valence-corrected chi connectivity index (χ0v) is 8.33. The Hall–Kier alpha value is -2.18. The number of carbonyl (C=O) groups excluding carboxylic acids is 1. The van der Waals surface area contributed by atoms with Gasteiger partial charge in [-0.15, -0.1) is 0 Å². The van der Waals surface area contributed by atoms with Crippen molar-refractivity contribution in [3.05, 3.63) is 29.3 Å². The Morgan fingerprint density at radius 1 is 1.56 bits per heavy atom. The molecule has 1 aromatic carbocycles. The fourth-order valence-electron chi connectivity index (χ4n) is 1.02. The topological polar surface area (TPSA) is 76.7 Å². The van der Waals surface area contributed by atoms with Gasteiger partial charge in [0.05, 0.1) is 18.9 Å². The average Bonchev–Trinajstić information content (AvgIpc) is 2.20. The molecule has 0 aromatic heterocycles. The zero-order valence-electron chi connectivity index (χ0n) is 8.33. The summed E-state index contributed by atoms with van der Waals surface area (Å²) in [6.45, 7) is 0. The summed E-state index contributed by atoms with van der Waals surface area (Å²) in [5, 5.41) is 3.35. The summed E-state index contributed by atoms with van der Waals surface area (Å²) in [5.41, 5.74) is 6.53. The van der Waals surface area contributed by atoms with Crippen LogP contribution < -0.4 is 15.9 Å². The molecule has 0 aliphatic heterocycles. The third-order valence-corrected chi connectivity index (χ3v) is 1.64. The van der Waals surface area contributed by atoms with E-state index in [-0.39, 0.29) is 11.3 Å². The molecule has 1 rings (SSSR count). The number of nitrogens with two attached hydrogens (primary N) is 1. The van der Waals surface area contributed by atoms with Crippen LogP contribution in [0.25, 0.3) is 0 Å². The maximum absolute atomic E-state index is 13.3. The molecule has 5 nitrogen and oxygen atoms in total. The lowest BCUT2D eigenvalue weighted by atomic mass is 10.2. The molecule has 7 heteroatoms. The van der Waals surface area contributed by atoms with E-state index in [0.29, 0.717) is 6.07 Å². The number of benzene rings is 1. The lowest BCUT2D eigenvalue weighted by Gasteiger charge is -2.05. The summed E-state index contributed by atoms with van der Waals surface area (Å²) in [5.74, 6) is -1.66. The normalized spacial score (nSPS) is 10.4. The summed E-state index contributed by atoms with van der Waals surface area (Å²) >= 11 is 0. The summed E-state index contributed by atoms with van der Waals surface area (Å²) < 4.78 is 30.8. The number of halogens is 2. The third kappa shape index (κ3) is 2.91. The molecule has 0 unspecified atom stereocenters. The molecule has 0 spiro atoms. The van der Waals surface area contributed by atoms with Crippen LogP contribution in [-0.4, -0.2) is 19.4 Å². The third-order valence-electron chi connectivity index (χ3n) is 1.64. The highest BCUT2D eigenvalue weighted by Crippen LogP contribution is 2.21. The van der Waals surface area contributed by atoms with Gasteiger partial charge in [0, 0.05) is 12.1 Å². The summed E-state index contributed by atoms with van der Waals surface area (Å²) in [6, 6.07) is 0.779. The maximum Gasteiger partial charge on any atom is 0.332 e. The van der Waals surface area contributed by atoms with Crippen LogP contribution in [0.4, 0.5) is 13.6 Å². The molecule has 0 aliphatic rings. The predicted molar refractivity (Wildman–Crippen MR) is 53.2 cm³/mol. The Balaban J connectivity index is 3.02. The zero-order chi connectivity index (χ0) is 12.1. The number of amides is 2. The number of rotatable bonds is 3. The second-order valence-electron chi connectivity index (χ2n) is 2.74. The number of hydrogen-bond donors (Lipinski definition) is 2. The van der Waals surface area contributed by atoms with Gasteiger partial charge in [-0.2, -0.15) is 5.10 Å². The van der Waals surface area contributed by atoms with Crippen LogP contribution in [0.15, 0.2) is 17.2 Å². The second kappa shape index (κ2) is 5.06. The molecule has 3 N–H and O–H groups in total. The first-order chi connectivity index (χ1) is 7.54. The Morgan fingerprint density at radius 3 is 2.81 bits per heavy atom. The summed E-state index contributed by atoms with van der Waals surface area (Å²) in [4.78, 5) is 10.3. The van der Waals surface area contributed by atoms with Crippen LogP contribution in [0.5, 0.6) is 5.75 Å². The lowest BCUT2D eigenvalue weighted by Crippen LogP contribution is -2.24. The van der Waals surface area contributed by atoms with Gasteiger partial charge < -0.3 is 10.5 Å². The van der Waals surface area contributed by atoms with Gasteiger partial charge >= 0.3 is 6.03 Å². The molecule has 16 heavy (non-hydrogen) atoms. The molecule has 0 bridgehead atoms. The second-order valence-corrected chi connectivity index (χ2v) is 2.74. The SMILES string of the molecule is COc1cc(F)cc(F)c1C=NNC(N)=O. The molecule has 0 saturated carbocycles. The van der Waals surface area contributed by atoms with Crippen molar-refractivity contribution in [2.45, 2.75) is 0 Å². The number of urea groups is 1. The first-order valence-electron chi connectivity index (χ1n) is 4.16. The first kappa shape index (κ1) is 11.9. The van der Waals surface area contributed by atoms with Gasteiger partial charge in [0.15, 0.2) is 0 Å². The van der Waals surface area contributed by atoms with Crippen molar-refractivity contribution in [2.24, 2.45) is 10.8 Å². The molecule has 2 amide bonds. The minimum absolute atomic E-state index is 0.0347. The number of carbonyl (C=O) groups is 1. The molecule has 0 atom stereocenters. The van der Waals surface area contributed by atoms with Crippen molar-refractivity contribution in [3.8, 4) is 5.75 Å². The smallest absolute Gasteiger partial charge is 0.332 e. The van der Waals surface area contributed by atoms with E-state index in [1.807, 2.05) is 5.43 Å². The maximum atomic E-state index is 13.3. The number of nitrogens with zero attached hydrogens (tertiary/aromatic N) is 1. The minimum Gasteiger partial charge on any atom is -0.496 e. The monoisotopic (exact) mass is 229 g/mol. The quantitative estimate of drug-likeness (QED) is 0.598. The van der Waals surface area contributed by atoms with E-state index in [9.17, 15) is 13.6 Å². The molecule has 0 fully saturated rings. The van der Waals surface area contributed by atoms with E-state index in [0.717, 1.165) is 12.3 Å². The average molecular weight is 229 g/mol. The van der Waals surface area contributed by atoms with Crippen LogP contribution in [-0.2, 0) is 0 Å². The van der Waals surface area contributed by atoms with Crippen LogP contribution in [0, 0.1) is 11.6 Å². The highest BCUT2D eigenvalue weighted by atomic mass is 19.1. The highest BCUT2D eigenvalue weighted by Gasteiger charge is 2.09. The van der Waals surface area contributed by atoms with Crippen LogP contribution >= 0.6 is 0 Å². The summed E-state index contributed by atoms with van der Waals surface area (Å²) in [6.07, 6.45) is 0.971. The van der Waals surface area contributed by atoms with Gasteiger partial charge in [0.25, 0.3) is 0 Å². The fraction of sp³-hybridized carbons (Fsp3) is 0.111. The minimum atomic E-state index is -0.891. The van der Waals surface area contributed by atoms with Crippen molar-refractivity contribution >= 4 is 12.2 Å². The van der Waals surface area contributed by atoms with Gasteiger partial charge in [0.2, 0.25) is 0 Å². The Kier molecular flexibility index (Phi) is 3.76. The van der Waals surface area contributed by atoms with E-state index in [1.54, 1.807) is 0 Å². The van der Waals surface area contributed by atoms with Crippen molar-refractivity contribution in [3.63, 3.8) is 0 Å². The fourth-order valence-corrected chi connectivity index (χ4v) is 1.02.